The van der Waals surface area contributed by atoms with E-state index in [9.17, 15) is 18.9 Å². The molecule has 2 N–H and O–H groups in total. The van der Waals surface area contributed by atoms with Crippen molar-refractivity contribution in [2.24, 2.45) is 0 Å². The third kappa shape index (κ3) is 7.52. The molecule has 0 saturated heterocycles. The number of rotatable bonds is 13. The van der Waals surface area contributed by atoms with Gasteiger partial charge in [-0.25, -0.2) is 0 Å². The van der Waals surface area contributed by atoms with Gasteiger partial charge in [0.2, 0.25) is 0 Å². The monoisotopic (exact) mass is 414 g/mol. The summed E-state index contributed by atoms with van der Waals surface area (Å²) in [6.07, 6.45) is 0. The molecule has 1 aromatic rings. The van der Waals surface area contributed by atoms with Gasteiger partial charge in [0, 0.05) is 5.56 Å². The van der Waals surface area contributed by atoms with Crippen molar-refractivity contribution in [2.45, 2.75) is 26.6 Å². The Kier molecular flexibility index (Phi) is 10.6. The Hall–Kier alpha value is -2.06. The molecule has 0 saturated carbocycles. The summed E-state index contributed by atoms with van der Waals surface area (Å²) in [5, 5.41) is 5.06. The summed E-state index contributed by atoms with van der Waals surface area (Å²) in [7, 11) is -3.97. The minimum Gasteiger partial charge on any atom is -0.465 e. The van der Waals surface area contributed by atoms with Crippen LogP contribution in [0.15, 0.2) is 30.3 Å². The van der Waals surface area contributed by atoms with Gasteiger partial charge >= 0.3 is 13.6 Å². The topological polar surface area (TPSA) is 120 Å². The van der Waals surface area contributed by atoms with Gasteiger partial charge in [-0.15, -0.1) is 0 Å². The van der Waals surface area contributed by atoms with Crippen LogP contribution in [-0.4, -0.2) is 56.4 Å². The molecule has 1 rings (SSSR count). The first kappa shape index (κ1) is 24.0. The minimum absolute atomic E-state index is 0.0263. The van der Waals surface area contributed by atoms with Crippen molar-refractivity contribution in [2.75, 3.05) is 32.9 Å². The van der Waals surface area contributed by atoms with Gasteiger partial charge < -0.3 is 19.1 Å². The maximum Gasteiger partial charge on any atom is 0.360 e. The highest BCUT2D eigenvalue weighted by Crippen LogP contribution is 2.52. The van der Waals surface area contributed by atoms with Gasteiger partial charge in [-0.3, -0.25) is 24.3 Å². The number of Topliss-reactive ketones (excluding diaryl/α,β-unsaturated/α-hetero) is 1. The fourth-order valence-corrected chi connectivity index (χ4v) is 4.09. The van der Waals surface area contributed by atoms with Crippen molar-refractivity contribution >= 4 is 25.3 Å². The Morgan fingerprint density at radius 3 is 2.11 bits per heavy atom. The molecule has 0 bridgehead atoms. The molecule has 1 amide bonds. The second-order valence-electron chi connectivity index (χ2n) is 5.49. The zero-order valence-corrected chi connectivity index (χ0v) is 17.2. The lowest BCUT2D eigenvalue weighted by Crippen LogP contribution is -2.45. The van der Waals surface area contributed by atoms with E-state index < -0.39 is 31.0 Å². The predicted molar refractivity (Wildman–Crippen MR) is 103 cm³/mol. The number of hydrogen-bond acceptors (Lipinski definition) is 8. The molecule has 0 aliphatic carbocycles. The van der Waals surface area contributed by atoms with Gasteiger partial charge in [-0.05, 0) is 32.9 Å². The van der Waals surface area contributed by atoms with Crippen molar-refractivity contribution in [3.8, 4) is 0 Å². The highest BCUT2D eigenvalue weighted by molar-refractivity contribution is 7.55. The van der Waals surface area contributed by atoms with E-state index in [2.05, 4.69) is 10.6 Å². The first-order chi connectivity index (χ1) is 13.4. The van der Waals surface area contributed by atoms with Gasteiger partial charge in [0.1, 0.15) is 0 Å². The number of ketones is 1. The van der Waals surface area contributed by atoms with Crippen LogP contribution >= 0.6 is 7.60 Å². The standard InChI is InChI=1S/C18H27N2O7P/c1-4-25-16(22)13-19-12-15(21)18(28(24,26-5-2)27-6-3)20-17(23)14-10-8-7-9-11-14/h7-11,18-19H,4-6,12-13H2,1-3H3,(H,20,23). The van der Waals surface area contributed by atoms with E-state index in [1.807, 2.05) is 0 Å². The Morgan fingerprint density at radius 1 is 0.964 bits per heavy atom. The quantitative estimate of drug-likeness (QED) is 0.370. The fourth-order valence-electron chi connectivity index (χ4n) is 2.28. The molecule has 0 spiro atoms. The molecule has 28 heavy (non-hydrogen) atoms. The highest BCUT2D eigenvalue weighted by atomic mass is 31.2. The molecule has 156 valence electrons. The SMILES string of the molecule is CCOC(=O)CNCC(=O)C(NC(=O)c1ccccc1)P(=O)(OCC)OCC. The van der Waals surface area contributed by atoms with Gasteiger partial charge in [0.25, 0.3) is 5.91 Å². The third-order valence-corrected chi connectivity index (χ3v) is 5.70. The van der Waals surface area contributed by atoms with E-state index in [1.165, 1.54) is 0 Å². The first-order valence-corrected chi connectivity index (χ1v) is 10.6. The van der Waals surface area contributed by atoms with Crippen LogP contribution in [0.4, 0.5) is 0 Å². The molecule has 10 heteroatoms. The van der Waals surface area contributed by atoms with Crippen LogP contribution in [0.2, 0.25) is 0 Å². The molecule has 0 aliphatic heterocycles. The molecule has 0 heterocycles. The lowest BCUT2D eigenvalue weighted by molar-refractivity contribution is -0.142. The molecular formula is C18H27N2O7P. The number of benzene rings is 1. The van der Waals surface area contributed by atoms with Crippen molar-refractivity contribution in [1.29, 1.82) is 0 Å². The average Bonchev–Trinajstić information content (AvgIpc) is 2.67. The molecule has 0 aromatic heterocycles. The molecule has 1 unspecified atom stereocenters. The maximum atomic E-state index is 13.1. The van der Waals surface area contributed by atoms with Crippen LogP contribution in [-0.2, 0) is 27.9 Å². The van der Waals surface area contributed by atoms with Crippen molar-refractivity contribution in [3.63, 3.8) is 0 Å². The number of amides is 1. The smallest absolute Gasteiger partial charge is 0.360 e. The molecule has 1 atom stereocenters. The Morgan fingerprint density at radius 2 is 1.57 bits per heavy atom. The highest BCUT2D eigenvalue weighted by Gasteiger charge is 2.42. The van der Waals surface area contributed by atoms with Gasteiger partial charge in [0.05, 0.1) is 32.9 Å². The Balaban J connectivity index is 2.96. The van der Waals surface area contributed by atoms with Gasteiger partial charge in [0.15, 0.2) is 11.6 Å². The Bertz CT molecular complexity index is 686. The summed E-state index contributed by atoms with van der Waals surface area (Å²) >= 11 is 0. The predicted octanol–water partition coefficient (Wildman–Crippen LogP) is 1.73. The second kappa shape index (κ2) is 12.4. The minimum atomic E-state index is -3.97. The summed E-state index contributed by atoms with van der Waals surface area (Å²) in [4.78, 5) is 36.6. The van der Waals surface area contributed by atoms with Gasteiger partial charge in [-0.2, -0.15) is 0 Å². The number of hydrogen-bond donors (Lipinski definition) is 2. The van der Waals surface area contributed by atoms with E-state index in [0.717, 1.165) is 0 Å². The molecule has 1 aromatic carbocycles. The van der Waals surface area contributed by atoms with E-state index in [1.54, 1.807) is 51.1 Å². The third-order valence-electron chi connectivity index (χ3n) is 3.42. The van der Waals surface area contributed by atoms with E-state index in [4.69, 9.17) is 13.8 Å². The largest absolute Gasteiger partial charge is 0.465 e. The molecule has 0 radical (unpaired) electrons. The zero-order chi connectivity index (χ0) is 21.0. The van der Waals surface area contributed by atoms with Crippen LogP contribution < -0.4 is 10.6 Å². The van der Waals surface area contributed by atoms with Crippen molar-refractivity contribution in [3.05, 3.63) is 35.9 Å². The molecule has 9 nitrogen and oxygen atoms in total. The van der Waals surface area contributed by atoms with Crippen LogP contribution in [0.3, 0.4) is 0 Å². The summed E-state index contributed by atoms with van der Waals surface area (Å²) in [5.41, 5.74) is 0.291. The lowest BCUT2D eigenvalue weighted by atomic mass is 10.2. The van der Waals surface area contributed by atoms with E-state index >= 15 is 0 Å². The fraction of sp³-hybridized carbons (Fsp3) is 0.500. The molecule has 0 fully saturated rings. The van der Waals surface area contributed by atoms with Crippen molar-refractivity contribution < 1.29 is 32.7 Å². The number of carbonyl (C=O) groups excluding carboxylic acids is 3. The number of nitrogens with one attached hydrogen (secondary N) is 2. The normalized spacial score (nSPS) is 12.2. The van der Waals surface area contributed by atoms with Crippen LogP contribution in [0, 0.1) is 0 Å². The number of ether oxygens (including phenoxy) is 1. The van der Waals surface area contributed by atoms with Crippen LogP contribution in [0.1, 0.15) is 31.1 Å². The lowest BCUT2D eigenvalue weighted by Gasteiger charge is -2.26. The summed E-state index contributed by atoms with van der Waals surface area (Å²) in [5.74, 6) is -3.28. The first-order valence-electron chi connectivity index (χ1n) is 9.01. The number of esters is 1. The van der Waals surface area contributed by atoms with Gasteiger partial charge in [-0.1, -0.05) is 18.2 Å². The molecule has 0 aliphatic rings. The van der Waals surface area contributed by atoms with Crippen LogP contribution in [0.25, 0.3) is 0 Å². The van der Waals surface area contributed by atoms with Crippen LogP contribution in [0.5, 0.6) is 0 Å². The summed E-state index contributed by atoms with van der Waals surface area (Å²) < 4.78 is 28.4. The van der Waals surface area contributed by atoms with E-state index in [-0.39, 0.29) is 32.9 Å². The zero-order valence-electron chi connectivity index (χ0n) is 16.3. The van der Waals surface area contributed by atoms with E-state index in [0.29, 0.717) is 5.56 Å². The summed E-state index contributed by atoms with van der Waals surface area (Å²) in [6, 6.07) is 8.18. The number of carbonyl (C=O) groups is 3. The average molecular weight is 414 g/mol. The Labute approximate surface area is 164 Å². The second-order valence-corrected chi connectivity index (χ2v) is 7.60. The summed E-state index contributed by atoms with van der Waals surface area (Å²) in [6.45, 7) is 4.61. The van der Waals surface area contributed by atoms with Crippen molar-refractivity contribution in [1.82, 2.24) is 10.6 Å². The molecular weight excluding hydrogens is 387 g/mol. The maximum absolute atomic E-state index is 13.1.